The Hall–Kier alpha value is -2.07. The van der Waals surface area contributed by atoms with Crippen molar-refractivity contribution in [3.05, 3.63) is 71.3 Å². The Kier molecular flexibility index (Phi) is 4.58. The van der Waals surface area contributed by atoms with Gasteiger partial charge in [0.05, 0.1) is 6.04 Å². The maximum Gasteiger partial charge on any atom is 0.162 e. The lowest BCUT2D eigenvalue weighted by Gasteiger charge is -2.11. The van der Waals surface area contributed by atoms with E-state index in [0.717, 1.165) is 11.6 Å². The van der Waals surface area contributed by atoms with Crippen LogP contribution in [0.5, 0.6) is 0 Å². The molecule has 2 aromatic rings. The van der Waals surface area contributed by atoms with Crippen molar-refractivity contribution >= 4 is 5.78 Å². The van der Waals surface area contributed by atoms with E-state index < -0.39 is 17.7 Å². The van der Waals surface area contributed by atoms with Crippen molar-refractivity contribution in [2.45, 2.75) is 18.9 Å². The molecule has 0 saturated carbocycles. The predicted molar refractivity (Wildman–Crippen MR) is 73.2 cm³/mol. The lowest BCUT2D eigenvalue weighted by molar-refractivity contribution is -0.119. The fourth-order valence-electron chi connectivity index (χ4n) is 1.99. The van der Waals surface area contributed by atoms with E-state index in [1.807, 2.05) is 30.3 Å². The van der Waals surface area contributed by atoms with E-state index in [2.05, 4.69) is 0 Å². The SMILES string of the molecule is NC(Cc1ccccc1)C(=O)Cc1cccc(F)c1F. The van der Waals surface area contributed by atoms with Crippen molar-refractivity contribution in [2.24, 2.45) is 5.73 Å². The Morgan fingerprint density at radius 2 is 1.75 bits per heavy atom. The number of hydrogen-bond donors (Lipinski definition) is 1. The average Bonchev–Trinajstić information content (AvgIpc) is 2.45. The summed E-state index contributed by atoms with van der Waals surface area (Å²) in [5, 5.41) is 0. The van der Waals surface area contributed by atoms with Crippen molar-refractivity contribution in [3.63, 3.8) is 0 Å². The van der Waals surface area contributed by atoms with Crippen LogP contribution in [0.3, 0.4) is 0 Å². The van der Waals surface area contributed by atoms with Gasteiger partial charge in [0.15, 0.2) is 17.4 Å². The molecule has 0 heterocycles. The number of nitrogens with two attached hydrogens (primary N) is 1. The minimum atomic E-state index is -0.979. The Bertz CT molecular complexity index is 599. The molecule has 104 valence electrons. The topological polar surface area (TPSA) is 43.1 Å². The van der Waals surface area contributed by atoms with Crippen LogP contribution in [0.15, 0.2) is 48.5 Å². The highest BCUT2D eigenvalue weighted by Gasteiger charge is 2.17. The van der Waals surface area contributed by atoms with Gasteiger partial charge in [-0.1, -0.05) is 42.5 Å². The molecule has 0 spiro atoms. The molecular formula is C16H15F2NO. The largest absolute Gasteiger partial charge is 0.321 e. The highest BCUT2D eigenvalue weighted by Crippen LogP contribution is 2.13. The highest BCUT2D eigenvalue weighted by molar-refractivity contribution is 5.86. The van der Waals surface area contributed by atoms with Crippen LogP contribution < -0.4 is 5.73 Å². The summed E-state index contributed by atoms with van der Waals surface area (Å²) in [5.41, 5.74) is 6.80. The Balaban J connectivity index is 2.03. The second-order valence-corrected chi connectivity index (χ2v) is 4.65. The van der Waals surface area contributed by atoms with Gasteiger partial charge in [-0.2, -0.15) is 0 Å². The molecule has 2 N–H and O–H groups in total. The normalized spacial score (nSPS) is 12.2. The summed E-state index contributed by atoms with van der Waals surface area (Å²) in [4.78, 5) is 12.0. The molecule has 1 unspecified atom stereocenters. The molecule has 0 fully saturated rings. The Morgan fingerprint density at radius 3 is 2.45 bits per heavy atom. The van der Waals surface area contributed by atoms with E-state index in [4.69, 9.17) is 5.73 Å². The molecule has 1 atom stereocenters. The van der Waals surface area contributed by atoms with Crippen LogP contribution in [0.25, 0.3) is 0 Å². The number of halogens is 2. The first-order valence-electron chi connectivity index (χ1n) is 6.33. The molecule has 0 radical (unpaired) electrons. The van der Waals surface area contributed by atoms with Crippen LogP contribution in [0, 0.1) is 11.6 Å². The monoisotopic (exact) mass is 275 g/mol. The number of carbonyl (C=O) groups excluding carboxylic acids is 1. The fourth-order valence-corrected chi connectivity index (χ4v) is 1.99. The number of rotatable bonds is 5. The summed E-state index contributed by atoms with van der Waals surface area (Å²) >= 11 is 0. The molecule has 2 rings (SSSR count). The van der Waals surface area contributed by atoms with E-state index in [1.54, 1.807) is 0 Å². The predicted octanol–water partition coefficient (Wildman–Crippen LogP) is 2.65. The Labute approximate surface area is 116 Å². The Morgan fingerprint density at radius 1 is 1.05 bits per heavy atom. The van der Waals surface area contributed by atoms with E-state index in [1.165, 1.54) is 12.1 Å². The maximum atomic E-state index is 13.5. The standard InChI is InChI=1S/C16H15F2NO/c17-13-8-4-7-12(16(13)18)10-15(20)14(19)9-11-5-2-1-3-6-11/h1-8,14H,9-10,19H2. The van der Waals surface area contributed by atoms with Gasteiger partial charge >= 0.3 is 0 Å². The van der Waals surface area contributed by atoms with Crippen LogP contribution in [-0.2, 0) is 17.6 Å². The van der Waals surface area contributed by atoms with E-state index in [0.29, 0.717) is 6.42 Å². The van der Waals surface area contributed by atoms with Crippen LogP contribution >= 0.6 is 0 Å². The zero-order valence-corrected chi connectivity index (χ0v) is 10.9. The molecule has 2 nitrogen and oxygen atoms in total. The summed E-state index contributed by atoms with van der Waals surface area (Å²) in [6.07, 6.45) is 0.189. The second kappa shape index (κ2) is 6.39. The van der Waals surface area contributed by atoms with E-state index >= 15 is 0 Å². The highest BCUT2D eigenvalue weighted by atomic mass is 19.2. The smallest absolute Gasteiger partial charge is 0.162 e. The number of benzene rings is 2. The molecule has 20 heavy (non-hydrogen) atoms. The number of Topliss-reactive ketones (excluding diaryl/α,β-unsaturated/α-hetero) is 1. The first-order chi connectivity index (χ1) is 9.58. The zero-order valence-electron chi connectivity index (χ0n) is 10.9. The molecule has 0 aliphatic carbocycles. The van der Waals surface area contributed by atoms with Crippen molar-refractivity contribution in [1.82, 2.24) is 0 Å². The minimum absolute atomic E-state index is 0.0403. The van der Waals surface area contributed by atoms with Gasteiger partial charge in [-0.25, -0.2) is 8.78 Å². The van der Waals surface area contributed by atoms with Gasteiger partial charge in [-0.3, -0.25) is 4.79 Å². The van der Waals surface area contributed by atoms with Crippen LogP contribution in [0.2, 0.25) is 0 Å². The summed E-state index contributed by atoms with van der Waals surface area (Å²) in [6, 6.07) is 12.4. The number of carbonyl (C=O) groups is 1. The van der Waals surface area contributed by atoms with Gasteiger partial charge in [0, 0.05) is 6.42 Å². The summed E-state index contributed by atoms with van der Waals surface area (Å²) in [5.74, 6) is -2.24. The third-order valence-electron chi connectivity index (χ3n) is 3.11. The molecule has 0 aliphatic heterocycles. The van der Waals surface area contributed by atoms with Gasteiger partial charge in [-0.15, -0.1) is 0 Å². The number of hydrogen-bond acceptors (Lipinski definition) is 2. The summed E-state index contributed by atoms with van der Waals surface area (Å²) < 4.78 is 26.5. The first kappa shape index (κ1) is 14.3. The van der Waals surface area contributed by atoms with Gasteiger partial charge in [0.1, 0.15) is 0 Å². The molecule has 0 amide bonds. The van der Waals surface area contributed by atoms with Gasteiger partial charge < -0.3 is 5.73 Å². The minimum Gasteiger partial charge on any atom is -0.321 e. The lowest BCUT2D eigenvalue weighted by atomic mass is 9.98. The third kappa shape index (κ3) is 3.48. The van der Waals surface area contributed by atoms with E-state index in [9.17, 15) is 13.6 Å². The second-order valence-electron chi connectivity index (χ2n) is 4.65. The average molecular weight is 275 g/mol. The van der Waals surface area contributed by atoms with Gasteiger partial charge in [-0.05, 0) is 23.6 Å². The van der Waals surface area contributed by atoms with Crippen molar-refractivity contribution in [2.75, 3.05) is 0 Å². The molecule has 0 bridgehead atoms. The zero-order chi connectivity index (χ0) is 14.5. The van der Waals surface area contributed by atoms with Crippen LogP contribution in [-0.4, -0.2) is 11.8 Å². The lowest BCUT2D eigenvalue weighted by Crippen LogP contribution is -2.34. The van der Waals surface area contributed by atoms with Gasteiger partial charge in [0.2, 0.25) is 0 Å². The number of ketones is 1. The summed E-state index contributed by atoms with van der Waals surface area (Å²) in [7, 11) is 0. The first-order valence-corrected chi connectivity index (χ1v) is 6.33. The van der Waals surface area contributed by atoms with Crippen LogP contribution in [0.4, 0.5) is 8.78 Å². The molecular weight excluding hydrogens is 260 g/mol. The molecule has 0 saturated heterocycles. The maximum absolute atomic E-state index is 13.5. The molecule has 4 heteroatoms. The van der Waals surface area contributed by atoms with Crippen LogP contribution in [0.1, 0.15) is 11.1 Å². The molecule has 2 aromatic carbocycles. The van der Waals surface area contributed by atoms with Crippen molar-refractivity contribution in [3.8, 4) is 0 Å². The fraction of sp³-hybridized carbons (Fsp3) is 0.188. The third-order valence-corrected chi connectivity index (χ3v) is 3.11. The molecule has 0 aliphatic rings. The van der Waals surface area contributed by atoms with E-state index in [-0.39, 0.29) is 17.8 Å². The molecule has 0 aromatic heterocycles. The summed E-state index contributed by atoms with van der Waals surface area (Å²) in [6.45, 7) is 0. The van der Waals surface area contributed by atoms with Crippen molar-refractivity contribution < 1.29 is 13.6 Å². The van der Waals surface area contributed by atoms with Gasteiger partial charge in [0.25, 0.3) is 0 Å². The quantitative estimate of drug-likeness (QED) is 0.911. The van der Waals surface area contributed by atoms with Crippen molar-refractivity contribution in [1.29, 1.82) is 0 Å².